The molecule has 238 valence electrons. The summed E-state index contributed by atoms with van der Waals surface area (Å²) in [5.74, 6) is 1.88. The van der Waals surface area contributed by atoms with Crippen LogP contribution in [0.4, 0.5) is 0 Å². The Labute approximate surface area is 292 Å². The van der Waals surface area contributed by atoms with Crippen molar-refractivity contribution in [2.24, 2.45) is 0 Å². The molecule has 0 radical (unpaired) electrons. The lowest BCUT2D eigenvalue weighted by atomic mass is 9.93. The van der Waals surface area contributed by atoms with Gasteiger partial charge in [-0.2, -0.15) is 0 Å². The van der Waals surface area contributed by atoms with E-state index in [1.165, 1.54) is 0 Å². The minimum atomic E-state index is 0.618. The van der Waals surface area contributed by atoms with Crippen LogP contribution in [0.2, 0.25) is 0 Å². The molecule has 0 aliphatic carbocycles. The van der Waals surface area contributed by atoms with Gasteiger partial charge in [0.05, 0.1) is 0 Å². The third kappa shape index (κ3) is 5.01. The van der Waals surface area contributed by atoms with Gasteiger partial charge >= 0.3 is 0 Å². The molecular formula is C45H27N5O. The van der Waals surface area contributed by atoms with Crippen molar-refractivity contribution in [1.82, 2.24) is 24.9 Å². The van der Waals surface area contributed by atoms with Crippen LogP contribution in [0.25, 0.3) is 100 Å². The molecule has 6 aromatic carbocycles. The van der Waals surface area contributed by atoms with E-state index in [2.05, 4.69) is 66.7 Å². The summed E-state index contributed by atoms with van der Waals surface area (Å²) in [5, 5.41) is 6.39. The van der Waals surface area contributed by atoms with E-state index in [1.807, 2.05) is 97.3 Å². The Morgan fingerprint density at radius 2 is 0.961 bits per heavy atom. The maximum absolute atomic E-state index is 6.34. The van der Waals surface area contributed by atoms with Crippen molar-refractivity contribution in [3.05, 3.63) is 164 Å². The van der Waals surface area contributed by atoms with Gasteiger partial charge in [-0.15, -0.1) is 0 Å². The van der Waals surface area contributed by atoms with Gasteiger partial charge in [-0.1, -0.05) is 115 Å². The van der Waals surface area contributed by atoms with E-state index in [9.17, 15) is 0 Å². The molecule has 0 saturated carbocycles. The molecule has 6 nitrogen and oxygen atoms in total. The zero-order valence-corrected chi connectivity index (χ0v) is 27.2. The number of nitrogens with zero attached hydrogens (tertiary/aromatic N) is 5. The van der Waals surface area contributed by atoms with Crippen LogP contribution in [0.15, 0.2) is 168 Å². The Hall–Kier alpha value is -7.05. The molecule has 10 rings (SSSR count). The summed E-state index contributed by atoms with van der Waals surface area (Å²) in [6.07, 6.45) is 3.68. The van der Waals surface area contributed by atoms with Crippen LogP contribution in [0.5, 0.6) is 0 Å². The monoisotopic (exact) mass is 653 g/mol. The molecule has 10 aromatic rings. The van der Waals surface area contributed by atoms with Gasteiger partial charge in [0.25, 0.3) is 0 Å². The van der Waals surface area contributed by atoms with Gasteiger partial charge in [-0.05, 0) is 63.7 Å². The maximum Gasteiger partial charge on any atom is 0.164 e. The van der Waals surface area contributed by atoms with E-state index in [1.54, 1.807) is 0 Å². The second-order valence-corrected chi connectivity index (χ2v) is 12.5. The maximum atomic E-state index is 6.34. The number of benzene rings is 6. The lowest BCUT2D eigenvalue weighted by molar-refractivity contribution is 0.668. The molecule has 0 bridgehead atoms. The average molecular weight is 654 g/mol. The van der Waals surface area contributed by atoms with Crippen LogP contribution in [0.3, 0.4) is 0 Å². The van der Waals surface area contributed by atoms with E-state index >= 15 is 0 Å². The predicted molar refractivity (Wildman–Crippen MR) is 205 cm³/mol. The fourth-order valence-electron chi connectivity index (χ4n) is 6.97. The second kappa shape index (κ2) is 11.8. The number of rotatable bonds is 5. The highest BCUT2D eigenvalue weighted by Crippen LogP contribution is 2.39. The van der Waals surface area contributed by atoms with Gasteiger partial charge < -0.3 is 4.42 Å². The van der Waals surface area contributed by atoms with Crippen molar-refractivity contribution in [3.63, 3.8) is 0 Å². The predicted octanol–water partition coefficient (Wildman–Crippen LogP) is 11.2. The fraction of sp³-hybridized carbons (Fsp3) is 0. The number of hydrogen-bond acceptors (Lipinski definition) is 6. The number of aromatic nitrogens is 5. The number of furan rings is 1. The molecule has 0 spiro atoms. The molecule has 0 aliphatic heterocycles. The SMILES string of the molecule is c1ccc(-c2nc(-c3ccccc3)nc(-c3cc(-c4ccc5c(-c6nccc7c6oc6ccccc67)nccc5c4)c4ccccc4c3)n2)cc1. The van der Waals surface area contributed by atoms with Gasteiger partial charge in [0, 0.05) is 45.2 Å². The van der Waals surface area contributed by atoms with E-state index in [-0.39, 0.29) is 0 Å². The summed E-state index contributed by atoms with van der Waals surface area (Å²) >= 11 is 0. The van der Waals surface area contributed by atoms with Crippen molar-refractivity contribution in [2.75, 3.05) is 0 Å². The highest BCUT2D eigenvalue weighted by atomic mass is 16.3. The summed E-state index contributed by atoms with van der Waals surface area (Å²) in [7, 11) is 0. The molecule has 0 atom stereocenters. The standard InChI is InChI=1S/C45H27N5O/c1-3-11-28(12-4-1)43-48-44(29-13-5-2-6-14-29)50-45(49-43)33-26-30-15-7-8-16-34(30)38(27-33)31-19-20-35-32(25-31)21-23-46-40(35)41-42-37(22-24-47-41)36-17-9-10-18-39(36)51-42/h1-27H. The Morgan fingerprint density at radius 1 is 0.373 bits per heavy atom. The van der Waals surface area contributed by atoms with Crippen LogP contribution in [-0.4, -0.2) is 24.9 Å². The number of hydrogen-bond donors (Lipinski definition) is 0. The largest absolute Gasteiger partial charge is 0.454 e. The summed E-state index contributed by atoms with van der Waals surface area (Å²) in [6.45, 7) is 0. The van der Waals surface area contributed by atoms with Crippen LogP contribution in [0, 0.1) is 0 Å². The summed E-state index contributed by atoms with van der Waals surface area (Å²) in [4.78, 5) is 24.6. The van der Waals surface area contributed by atoms with Crippen molar-refractivity contribution >= 4 is 43.5 Å². The summed E-state index contributed by atoms with van der Waals surface area (Å²) in [5.41, 5.74) is 8.04. The number of fused-ring (bicyclic) bond motifs is 5. The number of para-hydroxylation sites is 1. The molecule has 0 amide bonds. The molecule has 6 heteroatoms. The zero-order valence-electron chi connectivity index (χ0n) is 27.2. The van der Waals surface area contributed by atoms with E-state index in [0.717, 1.165) is 82.7 Å². The zero-order chi connectivity index (χ0) is 33.7. The van der Waals surface area contributed by atoms with Gasteiger partial charge in [0.15, 0.2) is 23.1 Å². The van der Waals surface area contributed by atoms with E-state index in [4.69, 9.17) is 29.3 Å². The smallest absolute Gasteiger partial charge is 0.164 e. The first-order chi connectivity index (χ1) is 25.3. The minimum absolute atomic E-state index is 0.618. The Balaban J connectivity index is 1.14. The van der Waals surface area contributed by atoms with E-state index in [0.29, 0.717) is 17.5 Å². The molecule has 51 heavy (non-hydrogen) atoms. The van der Waals surface area contributed by atoms with Crippen molar-refractivity contribution in [1.29, 1.82) is 0 Å². The summed E-state index contributed by atoms with van der Waals surface area (Å²) < 4.78 is 6.34. The molecule has 0 saturated heterocycles. The molecular weight excluding hydrogens is 627 g/mol. The number of pyridine rings is 2. The first-order valence-electron chi connectivity index (χ1n) is 16.8. The molecule has 0 unspecified atom stereocenters. The highest BCUT2D eigenvalue weighted by molar-refractivity contribution is 6.11. The van der Waals surface area contributed by atoms with Crippen molar-refractivity contribution in [3.8, 4) is 56.7 Å². The van der Waals surface area contributed by atoms with E-state index < -0.39 is 0 Å². The van der Waals surface area contributed by atoms with Crippen molar-refractivity contribution in [2.45, 2.75) is 0 Å². The van der Waals surface area contributed by atoms with Gasteiger partial charge in [-0.3, -0.25) is 9.97 Å². The molecule has 4 aromatic heterocycles. The summed E-state index contributed by atoms with van der Waals surface area (Å²) in [6, 6.07) is 51.6. The first kappa shape index (κ1) is 28.9. The van der Waals surface area contributed by atoms with Crippen LogP contribution >= 0.6 is 0 Å². The Morgan fingerprint density at radius 3 is 1.73 bits per heavy atom. The molecule has 0 fully saturated rings. The van der Waals surface area contributed by atoms with Crippen LogP contribution in [0.1, 0.15) is 0 Å². The molecule has 4 heterocycles. The van der Waals surface area contributed by atoms with Gasteiger partial charge in [0.1, 0.15) is 17.0 Å². The van der Waals surface area contributed by atoms with Crippen molar-refractivity contribution < 1.29 is 4.42 Å². The highest BCUT2D eigenvalue weighted by Gasteiger charge is 2.18. The lowest BCUT2D eigenvalue weighted by Gasteiger charge is -2.13. The lowest BCUT2D eigenvalue weighted by Crippen LogP contribution is -2.00. The van der Waals surface area contributed by atoms with Crippen LogP contribution < -0.4 is 0 Å². The first-order valence-corrected chi connectivity index (χ1v) is 16.8. The fourth-order valence-corrected chi connectivity index (χ4v) is 6.97. The van der Waals surface area contributed by atoms with Gasteiger partial charge in [0.2, 0.25) is 0 Å². The topological polar surface area (TPSA) is 77.6 Å². The normalized spacial score (nSPS) is 11.5. The minimum Gasteiger partial charge on any atom is -0.454 e. The van der Waals surface area contributed by atoms with Gasteiger partial charge in [-0.25, -0.2) is 15.0 Å². The average Bonchev–Trinajstić information content (AvgIpc) is 3.60. The Kier molecular flexibility index (Phi) is 6.70. The van der Waals surface area contributed by atoms with Crippen LogP contribution in [-0.2, 0) is 0 Å². The second-order valence-electron chi connectivity index (χ2n) is 12.5. The Bertz CT molecular complexity index is 2860. The molecule has 0 N–H and O–H groups in total. The quantitative estimate of drug-likeness (QED) is 0.184. The molecule has 0 aliphatic rings. The third-order valence-electron chi connectivity index (χ3n) is 9.41. The third-order valence-corrected chi connectivity index (χ3v) is 9.41.